The molecule has 0 spiro atoms. The van der Waals surface area contributed by atoms with Crippen molar-refractivity contribution in [2.75, 3.05) is 24.8 Å². The van der Waals surface area contributed by atoms with E-state index in [-0.39, 0.29) is 29.3 Å². The Morgan fingerprint density at radius 3 is 2.89 bits per heavy atom. The lowest BCUT2D eigenvalue weighted by Crippen LogP contribution is -2.33. The number of hydrogen-bond donors (Lipinski definition) is 3. The molecule has 5 rings (SSSR count). The number of nitrogens with zero attached hydrogens (tertiary/aromatic N) is 5. The minimum atomic E-state index is -0.333. The second kappa shape index (κ2) is 9.22. The number of carbonyl (C=O) groups excluding carboxylic acids is 1. The van der Waals surface area contributed by atoms with E-state index in [0.717, 1.165) is 19.3 Å². The van der Waals surface area contributed by atoms with Crippen molar-refractivity contribution in [1.29, 1.82) is 0 Å². The van der Waals surface area contributed by atoms with E-state index in [1.165, 1.54) is 17.2 Å². The van der Waals surface area contributed by atoms with Crippen molar-refractivity contribution in [3.8, 4) is 5.88 Å². The largest absolute Gasteiger partial charge is 0.427 e. The topological polar surface area (TPSA) is 141 Å². The summed E-state index contributed by atoms with van der Waals surface area (Å²) in [6.45, 7) is 1.76. The number of aryl methyl sites for hydroxylation is 1. The summed E-state index contributed by atoms with van der Waals surface area (Å²) in [7, 11) is 3.43. The van der Waals surface area contributed by atoms with E-state index in [2.05, 4.69) is 31.0 Å². The summed E-state index contributed by atoms with van der Waals surface area (Å²) in [5.74, 6) is 1.06. The van der Waals surface area contributed by atoms with E-state index in [1.807, 2.05) is 0 Å². The van der Waals surface area contributed by atoms with Gasteiger partial charge in [-0.3, -0.25) is 14.2 Å². The van der Waals surface area contributed by atoms with Gasteiger partial charge in [0.1, 0.15) is 28.6 Å². The van der Waals surface area contributed by atoms with Crippen molar-refractivity contribution in [2.45, 2.75) is 38.3 Å². The highest BCUT2D eigenvalue weighted by Crippen LogP contribution is 2.24. The van der Waals surface area contributed by atoms with E-state index in [9.17, 15) is 9.59 Å². The summed E-state index contributed by atoms with van der Waals surface area (Å²) in [6.07, 6.45) is 7.09. The third-order valence-electron chi connectivity index (χ3n) is 6.17. The fourth-order valence-corrected chi connectivity index (χ4v) is 4.33. The number of pyridine rings is 1. The van der Waals surface area contributed by atoms with E-state index >= 15 is 0 Å². The predicted molar refractivity (Wildman–Crippen MR) is 129 cm³/mol. The van der Waals surface area contributed by atoms with Crippen LogP contribution in [-0.4, -0.2) is 56.4 Å². The molecule has 1 aliphatic carbocycles. The summed E-state index contributed by atoms with van der Waals surface area (Å²) in [5.41, 5.74) is 1.24. The molecule has 0 bridgehead atoms. The zero-order chi connectivity index (χ0) is 24.5. The lowest BCUT2D eigenvalue weighted by molar-refractivity contribution is 0.0916. The van der Waals surface area contributed by atoms with Gasteiger partial charge in [0.15, 0.2) is 12.0 Å². The number of ether oxygens (including phenoxy) is 1. The molecule has 1 fully saturated rings. The van der Waals surface area contributed by atoms with Gasteiger partial charge < -0.3 is 25.1 Å². The molecule has 4 aromatic rings. The molecule has 0 saturated heterocycles. The molecule has 35 heavy (non-hydrogen) atoms. The van der Waals surface area contributed by atoms with Gasteiger partial charge in [0.2, 0.25) is 5.88 Å². The molecule has 1 saturated carbocycles. The number of nitrogens with one attached hydrogen (secondary N) is 3. The maximum absolute atomic E-state index is 13.1. The molecule has 0 aromatic carbocycles. The number of aromatic nitrogens is 5. The van der Waals surface area contributed by atoms with Crippen LogP contribution < -0.4 is 21.5 Å². The molecule has 1 amide bonds. The molecule has 0 aliphatic heterocycles. The summed E-state index contributed by atoms with van der Waals surface area (Å²) in [5, 5.41) is 13.5. The van der Waals surface area contributed by atoms with Crippen LogP contribution in [0.25, 0.3) is 11.5 Å². The number of fused-ring (bicyclic) bond motifs is 1. The fraction of sp³-hybridized carbons (Fsp3) is 0.348. The van der Waals surface area contributed by atoms with Crippen LogP contribution in [0.2, 0.25) is 0 Å². The molecule has 0 radical (unpaired) electrons. The van der Waals surface area contributed by atoms with Gasteiger partial charge in [0.25, 0.3) is 11.5 Å². The van der Waals surface area contributed by atoms with Gasteiger partial charge in [-0.2, -0.15) is 9.61 Å². The Balaban J connectivity index is 1.46. The van der Waals surface area contributed by atoms with E-state index in [4.69, 9.17) is 9.15 Å². The van der Waals surface area contributed by atoms with Gasteiger partial charge in [-0.15, -0.1) is 0 Å². The monoisotopic (exact) mass is 478 g/mol. The van der Waals surface area contributed by atoms with Crippen LogP contribution in [0.3, 0.4) is 0 Å². The fourth-order valence-electron chi connectivity index (χ4n) is 4.33. The van der Waals surface area contributed by atoms with Gasteiger partial charge in [-0.25, -0.2) is 9.97 Å². The van der Waals surface area contributed by atoms with Crippen molar-refractivity contribution in [1.82, 2.24) is 29.5 Å². The molecule has 12 heteroatoms. The van der Waals surface area contributed by atoms with E-state index < -0.39 is 0 Å². The summed E-state index contributed by atoms with van der Waals surface area (Å²) in [6, 6.07) is 5.11. The van der Waals surface area contributed by atoms with Crippen molar-refractivity contribution < 1.29 is 13.9 Å². The third kappa shape index (κ3) is 4.23. The first-order valence-electron chi connectivity index (χ1n) is 11.3. The minimum Gasteiger partial charge on any atom is -0.427 e. The minimum absolute atomic E-state index is 0.0369. The second-order valence-corrected chi connectivity index (χ2v) is 8.38. The molecule has 12 nitrogen and oxygen atoms in total. The van der Waals surface area contributed by atoms with E-state index in [1.54, 1.807) is 50.0 Å². The second-order valence-electron chi connectivity index (χ2n) is 8.38. The number of oxazole rings is 1. The summed E-state index contributed by atoms with van der Waals surface area (Å²) in [4.78, 5) is 34.8. The molecule has 4 aromatic heterocycles. The Kier molecular flexibility index (Phi) is 5.95. The van der Waals surface area contributed by atoms with Crippen molar-refractivity contribution in [3.05, 3.63) is 58.6 Å². The van der Waals surface area contributed by atoms with Crippen LogP contribution in [0.5, 0.6) is 0 Å². The zero-order valence-corrected chi connectivity index (χ0v) is 19.6. The Morgan fingerprint density at radius 1 is 1.31 bits per heavy atom. The number of rotatable bonds is 7. The first-order valence-corrected chi connectivity index (χ1v) is 11.3. The highest BCUT2D eigenvalue weighted by Gasteiger charge is 2.27. The molecule has 4 heterocycles. The highest BCUT2D eigenvalue weighted by molar-refractivity contribution is 6.00. The van der Waals surface area contributed by atoms with Crippen molar-refractivity contribution >= 4 is 28.9 Å². The number of carbonyl (C=O) groups is 1. The van der Waals surface area contributed by atoms with Gasteiger partial charge in [-0.05, 0) is 38.3 Å². The number of hydrogen-bond acceptors (Lipinski definition) is 9. The Bertz CT molecular complexity index is 1440. The molecular weight excluding hydrogens is 452 g/mol. The average molecular weight is 479 g/mol. The third-order valence-corrected chi connectivity index (χ3v) is 6.17. The molecule has 182 valence electrons. The Morgan fingerprint density at radius 2 is 2.17 bits per heavy atom. The predicted octanol–water partition coefficient (Wildman–Crippen LogP) is 2.26. The Labute approximate surface area is 200 Å². The normalized spacial score (nSPS) is 17.6. The average Bonchev–Trinajstić information content (AvgIpc) is 3.59. The zero-order valence-electron chi connectivity index (χ0n) is 19.6. The van der Waals surface area contributed by atoms with Gasteiger partial charge >= 0.3 is 0 Å². The quantitative estimate of drug-likeness (QED) is 0.365. The molecule has 0 unspecified atom stereocenters. The van der Waals surface area contributed by atoms with Crippen LogP contribution >= 0.6 is 0 Å². The van der Waals surface area contributed by atoms with E-state index in [0.29, 0.717) is 34.4 Å². The molecule has 3 N–H and O–H groups in total. The maximum Gasteiger partial charge on any atom is 0.281 e. The van der Waals surface area contributed by atoms with Crippen LogP contribution in [0.4, 0.5) is 17.3 Å². The Hall–Kier alpha value is -4.19. The van der Waals surface area contributed by atoms with Crippen LogP contribution in [0.15, 0.2) is 46.2 Å². The highest BCUT2D eigenvalue weighted by atomic mass is 16.5. The van der Waals surface area contributed by atoms with Gasteiger partial charge in [0.05, 0.1) is 12.3 Å². The van der Waals surface area contributed by atoms with Crippen LogP contribution in [-0.2, 0) is 4.74 Å². The summed E-state index contributed by atoms with van der Waals surface area (Å²) >= 11 is 0. The van der Waals surface area contributed by atoms with Crippen LogP contribution in [0.1, 0.15) is 35.3 Å². The lowest BCUT2D eigenvalue weighted by atomic mass is 10.2. The van der Waals surface area contributed by atoms with Crippen LogP contribution in [0, 0.1) is 6.92 Å². The number of amides is 1. The van der Waals surface area contributed by atoms with Gasteiger partial charge in [0, 0.05) is 32.5 Å². The number of anilines is 3. The first kappa shape index (κ1) is 22.6. The molecule has 2 atom stereocenters. The molecule has 1 aliphatic rings. The van der Waals surface area contributed by atoms with Crippen molar-refractivity contribution in [3.63, 3.8) is 0 Å². The maximum atomic E-state index is 13.1. The smallest absolute Gasteiger partial charge is 0.281 e. The first-order chi connectivity index (χ1) is 17.0. The lowest BCUT2D eigenvalue weighted by Gasteiger charge is -2.13. The SMILES string of the molecule is CNc1cc(Nc2cccn(-c3ocnc3C)c2=O)nc2c(C(=O)N[C@@H]3CC[C@@H](OC)C3)cnn12. The summed E-state index contributed by atoms with van der Waals surface area (Å²) < 4.78 is 13.7. The standard InChI is InChI=1S/C23H26N8O4/c1-13-23(35-12-25-13)30-8-4-5-17(22(30)33)28-18-10-19(24-2)31-20(29-18)16(11-26-31)21(32)27-14-6-7-15(9-14)34-3/h4-5,8,10-12,14-15,24H,6-7,9H2,1-3H3,(H,27,32)(H,28,29)/t14-,15-/m1/s1. The van der Waals surface area contributed by atoms with Crippen molar-refractivity contribution in [2.24, 2.45) is 0 Å². The van der Waals surface area contributed by atoms with Gasteiger partial charge in [-0.1, -0.05) is 0 Å². The molecular formula is C23H26N8O4. The number of methoxy groups -OCH3 is 1.